The molecule has 1 amide bonds. The lowest BCUT2D eigenvalue weighted by Gasteiger charge is -2.23. The summed E-state index contributed by atoms with van der Waals surface area (Å²) >= 11 is 0. The van der Waals surface area contributed by atoms with Crippen LogP contribution < -0.4 is 5.32 Å². The molecule has 0 radical (unpaired) electrons. The Morgan fingerprint density at radius 2 is 1.59 bits per heavy atom. The SMILES string of the molecule is COC(=O)[C@@H]1C[C@@H](NC(=O)c2ccc(-c3ccccc3)cc2)CN1Cc1ccccc1C. The molecule has 5 heteroatoms. The molecular weight excluding hydrogens is 400 g/mol. The van der Waals surface area contributed by atoms with Gasteiger partial charge in [-0.1, -0.05) is 66.7 Å². The molecule has 164 valence electrons. The summed E-state index contributed by atoms with van der Waals surface area (Å²) in [4.78, 5) is 27.4. The lowest BCUT2D eigenvalue weighted by atomic mass is 10.0. The molecule has 0 bridgehead atoms. The van der Waals surface area contributed by atoms with E-state index >= 15 is 0 Å². The number of benzene rings is 3. The monoisotopic (exact) mass is 428 g/mol. The quantitative estimate of drug-likeness (QED) is 0.598. The molecule has 0 saturated carbocycles. The molecule has 1 aliphatic heterocycles. The maximum atomic E-state index is 12.9. The van der Waals surface area contributed by atoms with Crippen molar-refractivity contribution in [2.45, 2.75) is 32.0 Å². The van der Waals surface area contributed by atoms with Crippen molar-refractivity contribution in [1.82, 2.24) is 10.2 Å². The van der Waals surface area contributed by atoms with Crippen molar-refractivity contribution in [3.63, 3.8) is 0 Å². The summed E-state index contributed by atoms with van der Waals surface area (Å²) in [5, 5.41) is 3.11. The molecule has 3 aromatic carbocycles. The van der Waals surface area contributed by atoms with Gasteiger partial charge in [-0.2, -0.15) is 0 Å². The van der Waals surface area contributed by atoms with Crippen molar-refractivity contribution in [3.05, 3.63) is 95.6 Å². The molecule has 1 heterocycles. The van der Waals surface area contributed by atoms with Crippen LogP contribution in [0.1, 0.15) is 27.9 Å². The fraction of sp³-hybridized carbons (Fsp3) is 0.259. The Morgan fingerprint density at radius 1 is 0.938 bits per heavy atom. The summed E-state index contributed by atoms with van der Waals surface area (Å²) in [7, 11) is 1.41. The van der Waals surface area contributed by atoms with Crippen LogP contribution in [0.3, 0.4) is 0 Å². The Kier molecular flexibility index (Phi) is 6.66. The van der Waals surface area contributed by atoms with Gasteiger partial charge in [-0.25, -0.2) is 0 Å². The molecule has 1 aliphatic rings. The minimum absolute atomic E-state index is 0.121. The number of methoxy groups -OCH3 is 1. The fourth-order valence-corrected chi connectivity index (χ4v) is 4.28. The molecule has 3 aromatic rings. The number of hydrogen-bond donors (Lipinski definition) is 1. The molecule has 32 heavy (non-hydrogen) atoms. The van der Waals surface area contributed by atoms with E-state index in [1.54, 1.807) is 0 Å². The van der Waals surface area contributed by atoms with Crippen molar-refractivity contribution < 1.29 is 14.3 Å². The number of esters is 1. The number of amides is 1. The highest BCUT2D eigenvalue weighted by Gasteiger charge is 2.38. The van der Waals surface area contributed by atoms with Crippen molar-refractivity contribution in [3.8, 4) is 11.1 Å². The van der Waals surface area contributed by atoms with Crippen LogP contribution in [0.2, 0.25) is 0 Å². The van der Waals surface area contributed by atoms with Gasteiger partial charge in [-0.05, 0) is 47.7 Å². The first-order chi connectivity index (χ1) is 15.5. The van der Waals surface area contributed by atoms with Gasteiger partial charge in [-0.3, -0.25) is 14.5 Å². The molecule has 0 unspecified atom stereocenters. The number of aryl methyl sites for hydroxylation is 1. The summed E-state index contributed by atoms with van der Waals surface area (Å²) in [6, 6.07) is 25.3. The lowest BCUT2D eigenvalue weighted by molar-refractivity contribution is -0.146. The van der Waals surface area contributed by atoms with E-state index in [4.69, 9.17) is 4.74 Å². The highest BCUT2D eigenvalue weighted by molar-refractivity contribution is 5.95. The molecule has 4 rings (SSSR count). The van der Waals surface area contributed by atoms with E-state index in [1.165, 1.54) is 18.2 Å². The maximum absolute atomic E-state index is 12.9. The number of rotatable bonds is 6. The zero-order chi connectivity index (χ0) is 22.5. The molecule has 1 saturated heterocycles. The van der Waals surface area contributed by atoms with Crippen molar-refractivity contribution in [1.29, 1.82) is 0 Å². The average Bonchev–Trinajstić information content (AvgIpc) is 3.22. The van der Waals surface area contributed by atoms with Gasteiger partial charge in [0.1, 0.15) is 6.04 Å². The summed E-state index contributed by atoms with van der Waals surface area (Å²) < 4.78 is 5.03. The number of ether oxygens (including phenoxy) is 1. The second kappa shape index (κ2) is 9.79. The third-order valence-corrected chi connectivity index (χ3v) is 6.10. The topological polar surface area (TPSA) is 58.6 Å². The number of nitrogens with one attached hydrogen (secondary N) is 1. The third-order valence-electron chi connectivity index (χ3n) is 6.10. The summed E-state index contributed by atoms with van der Waals surface area (Å²) in [5.41, 5.74) is 5.14. The van der Waals surface area contributed by atoms with Crippen LogP contribution in [0.15, 0.2) is 78.9 Å². The normalized spacial score (nSPS) is 18.3. The fourth-order valence-electron chi connectivity index (χ4n) is 4.28. The zero-order valence-electron chi connectivity index (χ0n) is 18.5. The van der Waals surface area contributed by atoms with Gasteiger partial charge in [0.2, 0.25) is 0 Å². The first-order valence-electron chi connectivity index (χ1n) is 10.9. The average molecular weight is 429 g/mol. The second-order valence-electron chi connectivity index (χ2n) is 8.24. The van der Waals surface area contributed by atoms with Gasteiger partial charge in [-0.15, -0.1) is 0 Å². The molecule has 0 aliphatic carbocycles. The van der Waals surface area contributed by atoms with Crippen molar-refractivity contribution in [2.24, 2.45) is 0 Å². The van der Waals surface area contributed by atoms with E-state index in [1.807, 2.05) is 66.7 Å². The van der Waals surface area contributed by atoms with Gasteiger partial charge in [0, 0.05) is 24.7 Å². The van der Waals surface area contributed by atoms with Gasteiger partial charge < -0.3 is 10.1 Å². The van der Waals surface area contributed by atoms with E-state index in [-0.39, 0.29) is 24.0 Å². The van der Waals surface area contributed by atoms with Gasteiger partial charge in [0.15, 0.2) is 0 Å². The van der Waals surface area contributed by atoms with E-state index < -0.39 is 0 Å². The molecule has 2 atom stereocenters. The summed E-state index contributed by atoms with van der Waals surface area (Å²) in [6.45, 7) is 3.31. The van der Waals surface area contributed by atoms with E-state index in [0.717, 1.165) is 11.1 Å². The van der Waals surface area contributed by atoms with Crippen LogP contribution in [-0.4, -0.2) is 42.5 Å². The van der Waals surface area contributed by atoms with Crippen LogP contribution in [0.5, 0.6) is 0 Å². The lowest BCUT2D eigenvalue weighted by Crippen LogP contribution is -2.37. The van der Waals surface area contributed by atoms with Gasteiger partial charge >= 0.3 is 5.97 Å². The smallest absolute Gasteiger partial charge is 0.323 e. The van der Waals surface area contributed by atoms with E-state index in [9.17, 15) is 9.59 Å². The Labute approximate surface area is 189 Å². The Morgan fingerprint density at radius 3 is 2.28 bits per heavy atom. The maximum Gasteiger partial charge on any atom is 0.323 e. The number of hydrogen-bond acceptors (Lipinski definition) is 4. The Balaban J connectivity index is 1.43. The first-order valence-corrected chi connectivity index (χ1v) is 10.9. The Hall–Kier alpha value is -3.44. The first kappa shape index (κ1) is 21.8. The highest BCUT2D eigenvalue weighted by Crippen LogP contribution is 2.24. The molecule has 0 aromatic heterocycles. The van der Waals surface area contributed by atoms with E-state index in [2.05, 4.69) is 29.3 Å². The number of carbonyl (C=O) groups is 2. The van der Waals surface area contributed by atoms with Crippen molar-refractivity contribution in [2.75, 3.05) is 13.7 Å². The summed E-state index contributed by atoms with van der Waals surface area (Å²) in [6.07, 6.45) is 0.534. The van der Waals surface area contributed by atoms with Crippen LogP contribution in [0, 0.1) is 6.92 Å². The molecule has 1 N–H and O–H groups in total. The standard InChI is InChI=1S/C27H28N2O3/c1-19-8-6-7-11-23(19)17-29-18-24(16-25(29)27(31)32-2)28-26(30)22-14-12-21(13-15-22)20-9-4-3-5-10-20/h3-15,24-25H,16-18H2,1-2H3,(H,28,30)/t24-,25+/m1/s1. The minimum Gasteiger partial charge on any atom is -0.468 e. The minimum atomic E-state index is -0.370. The largest absolute Gasteiger partial charge is 0.468 e. The number of nitrogens with zero attached hydrogens (tertiary/aromatic N) is 1. The number of carbonyl (C=O) groups excluding carboxylic acids is 2. The second-order valence-corrected chi connectivity index (χ2v) is 8.24. The van der Waals surface area contributed by atoms with E-state index in [0.29, 0.717) is 25.1 Å². The van der Waals surface area contributed by atoms with Crippen LogP contribution >= 0.6 is 0 Å². The number of likely N-dealkylation sites (tertiary alicyclic amines) is 1. The highest BCUT2D eigenvalue weighted by atomic mass is 16.5. The van der Waals surface area contributed by atoms with Crippen LogP contribution in [0.25, 0.3) is 11.1 Å². The molecule has 5 nitrogen and oxygen atoms in total. The van der Waals surface area contributed by atoms with Crippen molar-refractivity contribution >= 4 is 11.9 Å². The Bertz CT molecular complexity index is 1080. The molecular formula is C27H28N2O3. The predicted octanol–water partition coefficient (Wildman–Crippen LogP) is 4.21. The van der Waals surface area contributed by atoms with Crippen LogP contribution in [-0.2, 0) is 16.1 Å². The molecule has 1 fully saturated rings. The van der Waals surface area contributed by atoms with Gasteiger partial charge in [0.05, 0.1) is 7.11 Å². The summed E-state index contributed by atoms with van der Waals surface area (Å²) in [5.74, 6) is -0.390. The third kappa shape index (κ3) is 4.89. The predicted molar refractivity (Wildman–Crippen MR) is 125 cm³/mol. The van der Waals surface area contributed by atoms with Gasteiger partial charge in [0.25, 0.3) is 5.91 Å². The van der Waals surface area contributed by atoms with Crippen LogP contribution in [0.4, 0.5) is 0 Å². The molecule has 0 spiro atoms. The zero-order valence-corrected chi connectivity index (χ0v) is 18.5.